The molecule has 1 saturated carbocycles. The van der Waals surface area contributed by atoms with Crippen molar-refractivity contribution in [2.75, 3.05) is 26.4 Å². The molecule has 80 heavy (non-hydrogen) atoms. The average Bonchev–Trinajstić information content (AvgIpc) is 4.05. The Morgan fingerprint density at radius 3 is 2.14 bits per heavy atom. The van der Waals surface area contributed by atoms with Crippen LogP contribution in [-0.2, 0) is 40.0 Å². The summed E-state index contributed by atoms with van der Waals surface area (Å²) >= 11 is 7.80. The lowest BCUT2D eigenvalue weighted by atomic mass is 9.49. The van der Waals surface area contributed by atoms with E-state index in [4.69, 9.17) is 36.3 Å². The van der Waals surface area contributed by atoms with Gasteiger partial charge in [-0.2, -0.15) is 5.26 Å². The number of rotatable bonds is 24. The number of esters is 1. The molecule has 1 saturated heterocycles. The smallest absolute Gasteiger partial charge is 0.329 e. The molecule has 18 nitrogen and oxygen atoms in total. The normalized spacial score (nSPS) is 19.4. The highest BCUT2D eigenvalue weighted by Gasteiger charge is 2.64. The first kappa shape index (κ1) is 62.6. The zero-order chi connectivity index (χ0) is 58.9. The second-order valence-electron chi connectivity index (χ2n) is 23.8. The number of nitriles is 1. The number of amides is 5. The number of carbonyl (C=O) groups is 6. The topological polar surface area (TPSA) is 253 Å². The van der Waals surface area contributed by atoms with Crippen molar-refractivity contribution in [3.63, 3.8) is 0 Å². The molecule has 1 unspecified atom stereocenters. The quantitative estimate of drug-likeness (QED) is 0.0331. The predicted molar refractivity (Wildman–Crippen MR) is 306 cm³/mol. The Hall–Kier alpha value is -6.59. The van der Waals surface area contributed by atoms with Crippen molar-refractivity contribution in [1.29, 1.82) is 5.26 Å². The molecule has 4 aromatic rings. The van der Waals surface area contributed by atoms with E-state index in [2.05, 4.69) is 32.3 Å². The van der Waals surface area contributed by atoms with Gasteiger partial charge in [0.25, 0.3) is 5.91 Å². The van der Waals surface area contributed by atoms with Crippen LogP contribution >= 0.6 is 22.9 Å². The van der Waals surface area contributed by atoms with Crippen molar-refractivity contribution in [2.24, 2.45) is 33.8 Å². The van der Waals surface area contributed by atoms with Crippen LogP contribution in [0.3, 0.4) is 0 Å². The Morgan fingerprint density at radius 2 is 1.55 bits per heavy atom. The molecule has 0 radical (unpaired) electrons. The van der Waals surface area contributed by atoms with E-state index < -0.39 is 76.1 Å². The van der Waals surface area contributed by atoms with E-state index in [0.717, 1.165) is 21.7 Å². The number of carbonyl (C=O) groups excluding carboxylic acids is 6. The van der Waals surface area contributed by atoms with Gasteiger partial charge in [0.05, 0.1) is 45.9 Å². The summed E-state index contributed by atoms with van der Waals surface area (Å²) < 4.78 is 24.0. The molecule has 0 spiro atoms. The second kappa shape index (κ2) is 26.8. The van der Waals surface area contributed by atoms with Gasteiger partial charge < -0.3 is 50.8 Å². The molecule has 432 valence electrons. The molecule has 5 atom stereocenters. The Balaban J connectivity index is 0.991. The van der Waals surface area contributed by atoms with Crippen molar-refractivity contribution < 1.29 is 47.7 Å². The van der Waals surface area contributed by atoms with Gasteiger partial charge >= 0.3 is 5.97 Å². The van der Waals surface area contributed by atoms with E-state index in [1.165, 1.54) is 4.90 Å². The SMILES string of the molecule is Cc1ncsc1-c1ccc(CNC(=O)[C@@H]2C[C@@H](OC(=O)[C@@H](NC(=O)C(N)C(C)C)C(C)C)CN2C(=O)[C@@H](NC(=O)COCCCCOc2ccc(C(=O)NC3C(C)(C)C(Oc4ccc(C#N)c(Cl)c4)C3(C)C)cc2)C(C)(C)C)cc1. The van der Waals surface area contributed by atoms with E-state index in [1.54, 1.807) is 108 Å². The molecule has 2 aliphatic rings. The zero-order valence-corrected chi connectivity index (χ0v) is 49.6. The average molecular weight is 1140 g/mol. The Kier molecular flexibility index (Phi) is 21.0. The number of benzene rings is 3. The van der Waals surface area contributed by atoms with Crippen LogP contribution in [0.4, 0.5) is 0 Å². The zero-order valence-electron chi connectivity index (χ0n) is 48.1. The van der Waals surface area contributed by atoms with Crippen molar-refractivity contribution in [1.82, 2.24) is 31.2 Å². The fraction of sp³-hybridized carbons (Fsp3) is 0.533. The standard InChI is InChI=1S/C60H79ClN8O10S/c1-34(2)47(63)53(73)67-48(35(3)4)55(75)78-43-28-45(52(72)64-30-37-15-17-38(18-16-37)49-36(5)65-33-80-49)69(31-43)54(74)50(58(6,7)8)66-46(70)32-76-25-13-14-26-77-41-22-19-39(20-23-41)51(71)68-56-59(9,10)57(60(56,11)12)79-42-24-21-40(29-62)44(61)27-42/h15-24,27,33-35,43,45,47-48,50,56-57H,13-14,25-26,28,30-32,63H2,1-12H3,(H,64,72)(H,66,70)(H,67,73)(H,68,71)/t43-,45+,47?,48+,50-,56?,57?/m1/s1. The first-order valence-corrected chi connectivity index (χ1v) is 28.5. The fourth-order valence-corrected chi connectivity index (χ4v) is 11.5. The minimum absolute atomic E-state index is 0.0206. The van der Waals surface area contributed by atoms with Gasteiger partial charge in [0.15, 0.2) is 0 Å². The minimum atomic E-state index is -1.09. The highest BCUT2D eigenvalue weighted by atomic mass is 35.5. The number of nitrogens with one attached hydrogen (secondary N) is 4. The summed E-state index contributed by atoms with van der Waals surface area (Å²) in [5.74, 6) is -2.35. The molecule has 20 heteroatoms. The van der Waals surface area contributed by atoms with Gasteiger partial charge in [-0.15, -0.1) is 11.3 Å². The van der Waals surface area contributed by atoms with Crippen molar-refractivity contribution in [2.45, 2.75) is 151 Å². The second-order valence-corrected chi connectivity index (χ2v) is 25.0. The Bertz CT molecular complexity index is 2860. The number of thiazole rings is 1. The van der Waals surface area contributed by atoms with Gasteiger partial charge in [0, 0.05) is 48.1 Å². The van der Waals surface area contributed by atoms with Crippen LogP contribution in [0.1, 0.15) is 123 Å². The summed E-state index contributed by atoms with van der Waals surface area (Å²) in [6.07, 6.45) is 0.00436. The number of unbranched alkanes of at least 4 members (excludes halogenated alkanes) is 1. The molecule has 1 aliphatic carbocycles. The van der Waals surface area contributed by atoms with Gasteiger partial charge in [0.1, 0.15) is 54.5 Å². The molecule has 2 heterocycles. The van der Waals surface area contributed by atoms with Gasteiger partial charge in [-0.25, -0.2) is 9.78 Å². The minimum Gasteiger partial charge on any atom is -0.494 e. The predicted octanol–water partition coefficient (Wildman–Crippen LogP) is 7.92. The van der Waals surface area contributed by atoms with Gasteiger partial charge in [-0.05, 0) is 84.5 Å². The maximum Gasteiger partial charge on any atom is 0.329 e. The summed E-state index contributed by atoms with van der Waals surface area (Å²) in [7, 11) is 0. The molecule has 6 N–H and O–H groups in total. The maximum atomic E-state index is 14.7. The summed E-state index contributed by atoms with van der Waals surface area (Å²) in [4.78, 5) is 89.2. The van der Waals surface area contributed by atoms with Crippen LogP contribution in [0.5, 0.6) is 11.5 Å². The molecular formula is C60H79ClN8O10S. The van der Waals surface area contributed by atoms with Crippen molar-refractivity contribution >= 4 is 58.4 Å². The number of nitrogens with two attached hydrogens (primary N) is 1. The molecule has 3 aromatic carbocycles. The number of aromatic nitrogens is 1. The first-order chi connectivity index (χ1) is 37.6. The van der Waals surface area contributed by atoms with Crippen LogP contribution in [-0.4, -0.2) is 114 Å². The molecule has 6 rings (SSSR count). The number of likely N-dealkylation sites (tertiary alicyclic amines) is 1. The number of hydrogen-bond acceptors (Lipinski definition) is 14. The van der Waals surface area contributed by atoms with Crippen LogP contribution in [0.15, 0.2) is 72.2 Å². The molecule has 0 bridgehead atoms. The molecular weight excluding hydrogens is 1060 g/mol. The van der Waals surface area contributed by atoms with Crippen LogP contribution in [0.25, 0.3) is 10.4 Å². The summed E-state index contributed by atoms with van der Waals surface area (Å²) in [6.45, 7) is 23.0. The number of hydrogen-bond donors (Lipinski definition) is 5. The van der Waals surface area contributed by atoms with Crippen molar-refractivity contribution in [3.8, 4) is 28.0 Å². The van der Waals surface area contributed by atoms with Gasteiger partial charge in [-0.1, -0.05) is 112 Å². The highest BCUT2D eigenvalue weighted by Crippen LogP contribution is 2.55. The number of aryl methyl sites for hydroxylation is 1. The summed E-state index contributed by atoms with van der Waals surface area (Å²) in [5.41, 5.74) is 9.82. The molecule has 1 aromatic heterocycles. The van der Waals surface area contributed by atoms with E-state index in [1.807, 2.05) is 58.9 Å². The van der Waals surface area contributed by atoms with E-state index in [0.29, 0.717) is 47.1 Å². The van der Waals surface area contributed by atoms with E-state index in [-0.39, 0.29) is 62.6 Å². The first-order valence-electron chi connectivity index (χ1n) is 27.2. The fourth-order valence-electron chi connectivity index (χ4n) is 10.5. The lowest BCUT2D eigenvalue weighted by Gasteiger charge is -2.63. The van der Waals surface area contributed by atoms with Crippen LogP contribution < -0.4 is 36.5 Å². The third-order valence-corrected chi connectivity index (χ3v) is 16.2. The number of halogens is 1. The maximum absolute atomic E-state index is 14.7. The lowest BCUT2D eigenvalue weighted by molar-refractivity contribution is -0.164. The summed E-state index contributed by atoms with van der Waals surface area (Å²) in [5, 5.41) is 21.3. The third-order valence-electron chi connectivity index (χ3n) is 14.9. The third kappa shape index (κ3) is 15.4. The van der Waals surface area contributed by atoms with Crippen LogP contribution in [0, 0.1) is 46.3 Å². The molecule has 5 amide bonds. The van der Waals surface area contributed by atoms with E-state index >= 15 is 0 Å². The van der Waals surface area contributed by atoms with Crippen molar-refractivity contribution in [3.05, 3.63) is 99.6 Å². The number of nitrogens with zero attached hydrogens (tertiary/aromatic N) is 3. The largest absolute Gasteiger partial charge is 0.494 e. The van der Waals surface area contributed by atoms with E-state index in [9.17, 15) is 34.0 Å². The lowest BCUT2D eigenvalue weighted by Crippen LogP contribution is -2.74. The van der Waals surface area contributed by atoms with Gasteiger partial charge in [-0.3, -0.25) is 24.0 Å². The van der Waals surface area contributed by atoms with Crippen LogP contribution in [0.2, 0.25) is 5.02 Å². The highest BCUT2D eigenvalue weighted by molar-refractivity contribution is 7.13. The number of ether oxygens (including phenoxy) is 4. The monoisotopic (exact) mass is 1140 g/mol. The Labute approximate surface area is 479 Å². The Morgan fingerprint density at radius 1 is 0.900 bits per heavy atom. The summed E-state index contributed by atoms with van der Waals surface area (Å²) in [6, 6.07) is 17.5. The van der Waals surface area contributed by atoms with Gasteiger partial charge in [0.2, 0.25) is 23.6 Å². The molecule has 2 fully saturated rings. The molecule has 1 aliphatic heterocycles.